The molecule has 5 atom stereocenters. The molecule has 1 aromatic carbocycles. The van der Waals surface area contributed by atoms with Crippen LogP contribution in [0.4, 0.5) is 4.79 Å². The molecule has 0 unspecified atom stereocenters. The molecule has 1 fully saturated rings. The summed E-state index contributed by atoms with van der Waals surface area (Å²) in [5.41, 5.74) is 1.39. The molecule has 0 spiro atoms. The number of aliphatic hydroxyl groups is 2. The lowest BCUT2D eigenvalue weighted by Crippen LogP contribution is -2.57. The summed E-state index contributed by atoms with van der Waals surface area (Å²) in [7, 11) is 0. The highest BCUT2D eigenvalue weighted by atomic mass is 16.4. The third kappa shape index (κ3) is 11.6. The summed E-state index contributed by atoms with van der Waals surface area (Å²) in [4.78, 5) is 45.8. The van der Waals surface area contributed by atoms with Crippen molar-refractivity contribution in [1.29, 1.82) is 0 Å². The molecule has 3 amide bonds. The molecule has 1 saturated carbocycles. The van der Waals surface area contributed by atoms with Crippen molar-refractivity contribution < 1.29 is 29.7 Å². The lowest BCUT2D eigenvalue weighted by Gasteiger charge is -2.33. The van der Waals surface area contributed by atoms with Crippen LogP contribution in [0.5, 0.6) is 0 Å². The Labute approximate surface area is 254 Å². The molecule has 1 aliphatic rings. The van der Waals surface area contributed by atoms with Crippen LogP contribution in [0, 0.1) is 17.8 Å². The van der Waals surface area contributed by atoms with Crippen LogP contribution in [0.3, 0.4) is 0 Å². The average molecular weight is 600 g/mol. The number of aromatic amines is 1. The number of benzene rings is 1. The number of carbonyl (C=O) groups excluding carboxylic acids is 2. The molecule has 2 aromatic rings. The zero-order chi connectivity index (χ0) is 31.2. The molecule has 11 heteroatoms. The van der Waals surface area contributed by atoms with Crippen LogP contribution < -0.4 is 16.0 Å². The van der Waals surface area contributed by atoms with Crippen molar-refractivity contribution in [2.75, 3.05) is 6.61 Å². The van der Waals surface area contributed by atoms with E-state index < -0.39 is 42.1 Å². The van der Waals surface area contributed by atoms with E-state index in [0.717, 1.165) is 31.2 Å². The second-order valence-electron chi connectivity index (χ2n) is 12.2. The summed E-state index contributed by atoms with van der Waals surface area (Å²) in [5, 5.41) is 38.5. The zero-order valence-corrected chi connectivity index (χ0v) is 25.4. The Morgan fingerprint density at radius 1 is 0.977 bits per heavy atom. The number of rotatable bonds is 17. The van der Waals surface area contributed by atoms with Crippen LogP contribution in [0.15, 0.2) is 42.9 Å². The monoisotopic (exact) mass is 599 g/mol. The first-order valence-electron chi connectivity index (χ1n) is 15.6. The van der Waals surface area contributed by atoms with Gasteiger partial charge in [0.15, 0.2) is 0 Å². The van der Waals surface area contributed by atoms with E-state index in [9.17, 15) is 29.7 Å². The van der Waals surface area contributed by atoms with Gasteiger partial charge in [0, 0.05) is 31.3 Å². The van der Waals surface area contributed by atoms with Crippen molar-refractivity contribution in [3.05, 3.63) is 54.1 Å². The van der Waals surface area contributed by atoms with Gasteiger partial charge in [-0.05, 0) is 42.6 Å². The van der Waals surface area contributed by atoms with Crippen molar-refractivity contribution in [3.8, 4) is 0 Å². The lowest BCUT2D eigenvalue weighted by atomic mass is 9.80. The molecule has 0 bridgehead atoms. The number of carbonyl (C=O) groups is 3. The third-order valence-corrected chi connectivity index (χ3v) is 8.60. The highest BCUT2D eigenvalue weighted by Gasteiger charge is 2.33. The number of aromatic nitrogens is 2. The number of imidazole rings is 1. The van der Waals surface area contributed by atoms with E-state index >= 15 is 0 Å². The van der Waals surface area contributed by atoms with Gasteiger partial charge in [-0.15, -0.1) is 0 Å². The Bertz CT molecular complexity index is 1110. The number of H-pyrrole nitrogens is 1. The lowest BCUT2D eigenvalue weighted by molar-refractivity contribution is -0.131. The van der Waals surface area contributed by atoms with Crippen LogP contribution in [0.25, 0.3) is 0 Å². The van der Waals surface area contributed by atoms with Gasteiger partial charge in [-0.1, -0.05) is 76.3 Å². The summed E-state index contributed by atoms with van der Waals surface area (Å²) in [6, 6.07) is 6.36. The van der Waals surface area contributed by atoms with Gasteiger partial charge in [0.1, 0.15) is 12.1 Å². The predicted molar refractivity (Wildman–Crippen MR) is 163 cm³/mol. The van der Waals surface area contributed by atoms with Crippen LogP contribution in [-0.2, 0) is 22.4 Å². The maximum Gasteiger partial charge on any atom is 0.405 e. The largest absolute Gasteiger partial charge is 0.465 e. The number of hydrogen-bond acceptors (Lipinski definition) is 6. The normalized spacial score (nSPS) is 17.4. The number of nitrogens with zero attached hydrogens (tertiary/aromatic N) is 1. The van der Waals surface area contributed by atoms with Gasteiger partial charge in [-0.25, -0.2) is 9.78 Å². The minimum absolute atomic E-state index is 0.0298. The quantitative estimate of drug-likeness (QED) is 0.146. The Hall–Kier alpha value is -3.44. The maximum absolute atomic E-state index is 13.9. The standard InChI is InChI=1S/C32H49N5O6/c1-21(2)24(13-14-38)17-29(39)26(15-22-9-5-3-6-10-22)35-31(41)28(18-25-19-33-20-34-25)36-30(40)27(37-32(42)43)16-23-11-7-4-8-12-23/h4,7-8,11-12,19-22,24,26-29,37-39H,3,5-6,9-10,13-18H2,1-2H3,(H,33,34)(H,35,41)(H,36,40)(H,42,43)/t24-,26-,27-,28-,29+/m0/s1. The summed E-state index contributed by atoms with van der Waals surface area (Å²) >= 11 is 0. The van der Waals surface area contributed by atoms with Crippen LogP contribution in [0.2, 0.25) is 0 Å². The highest BCUT2D eigenvalue weighted by Crippen LogP contribution is 2.30. The molecule has 3 rings (SSSR count). The van der Waals surface area contributed by atoms with Gasteiger partial charge in [0.2, 0.25) is 11.8 Å². The van der Waals surface area contributed by atoms with Gasteiger partial charge in [-0.3, -0.25) is 9.59 Å². The van der Waals surface area contributed by atoms with E-state index in [0.29, 0.717) is 30.9 Å². The number of amides is 3. The van der Waals surface area contributed by atoms with Crippen molar-refractivity contribution >= 4 is 17.9 Å². The van der Waals surface area contributed by atoms with Gasteiger partial charge in [0.25, 0.3) is 0 Å². The first-order chi connectivity index (χ1) is 20.7. The first-order valence-corrected chi connectivity index (χ1v) is 15.6. The van der Waals surface area contributed by atoms with E-state index in [1.165, 1.54) is 12.7 Å². The van der Waals surface area contributed by atoms with E-state index in [-0.39, 0.29) is 31.3 Å². The molecule has 11 nitrogen and oxygen atoms in total. The van der Waals surface area contributed by atoms with Crippen molar-refractivity contribution in [2.45, 2.75) is 102 Å². The predicted octanol–water partition coefficient (Wildman–Crippen LogP) is 3.18. The Morgan fingerprint density at radius 3 is 2.26 bits per heavy atom. The summed E-state index contributed by atoms with van der Waals surface area (Å²) in [6.45, 7) is 4.16. The Morgan fingerprint density at radius 2 is 1.65 bits per heavy atom. The van der Waals surface area contributed by atoms with Gasteiger partial charge >= 0.3 is 6.09 Å². The van der Waals surface area contributed by atoms with E-state index in [1.54, 1.807) is 18.3 Å². The molecular weight excluding hydrogens is 550 g/mol. The molecule has 0 radical (unpaired) electrons. The molecule has 0 saturated heterocycles. The van der Waals surface area contributed by atoms with Gasteiger partial charge < -0.3 is 36.3 Å². The average Bonchev–Trinajstić information content (AvgIpc) is 3.50. The molecule has 1 heterocycles. The molecule has 43 heavy (non-hydrogen) atoms. The molecule has 7 N–H and O–H groups in total. The minimum Gasteiger partial charge on any atom is -0.465 e. The third-order valence-electron chi connectivity index (χ3n) is 8.60. The topological polar surface area (TPSA) is 177 Å². The van der Waals surface area contributed by atoms with Crippen molar-refractivity contribution in [3.63, 3.8) is 0 Å². The fourth-order valence-corrected chi connectivity index (χ4v) is 6.05. The van der Waals surface area contributed by atoms with E-state index in [4.69, 9.17) is 0 Å². The van der Waals surface area contributed by atoms with Gasteiger partial charge in [-0.2, -0.15) is 0 Å². The second kappa shape index (κ2) is 17.6. The minimum atomic E-state index is -1.34. The number of carboxylic acid groups (broad SMARTS) is 1. The van der Waals surface area contributed by atoms with Crippen LogP contribution in [-0.4, -0.2) is 74.0 Å². The summed E-state index contributed by atoms with van der Waals surface area (Å²) in [5.74, 6) is -0.367. The molecule has 1 aromatic heterocycles. The first kappa shape index (κ1) is 34.1. The Kier molecular flexibility index (Phi) is 14.0. The second-order valence-corrected chi connectivity index (χ2v) is 12.2. The van der Waals surface area contributed by atoms with E-state index in [1.807, 2.05) is 18.2 Å². The fraction of sp³-hybridized carbons (Fsp3) is 0.625. The molecule has 1 aliphatic carbocycles. The smallest absolute Gasteiger partial charge is 0.405 e. The van der Waals surface area contributed by atoms with Gasteiger partial charge in [0.05, 0.1) is 18.5 Å². The fourth-order valence-electron chi connectivity index (χ4n) is 6.05. The van der Waals surface area contributed by atoms with Crippen LogP contribution in [0.1, 0.15) is 76.5 Å². The SMILES string of the molecule is CC(C)[C@@H](CCO)C[C@@H](O)[C@H](CC1CCCCC1)NC(=O)[C@H](Cc1cnc[nH]1)NC(=O)[C@H](Cc1ccccc1)NC(=O)O. The van der Waals surface area contributed by atoms with Crippen LogP contribution >= 0.6 is 0 Å². The summed E-state index contributed by atoms with van der Waals surface area (Å²) in [6.07, 6.45) is 8.25. The zero-order valence-electron chi connectivity index (χ0n) is 25.4. The van der Waals surface area contributed by atoms with Crippen molar-refractivity contribution in [1.82, 2.24) is 25.9 Å². The van der Waals surface area contributed by atoms with Crippen molar-refractivity contribution in [2.24, 2.45) is 17.8 Å². The van der Waals surface area contributed by atoms with E-state index in [2.05, 4.69) is 39.8 Å². The summed E-state index contributed by atoms with van der Waals surface area (Å²) < 4.78 is 0. The number of hydrogen-bond donors (Lipinski definition) is 7. The number of aliphatic hydroxyl groups excluding tert-OH is 2. The molecule has 238 valence electrons. The highest BCUT2D eigenvalue weighted by molar-refractivity contribution is 5.91. The Balaban J connectivity index is 1.80. The number of nitrogens with one attached hydrogen (secondary N) is 4. The molecular formula is C32H49N5O6. The maximum atomic E-state index is 13.9. The molecule has 0 aliphatic heterocycles.